The monoisotopic (exact) mass is 246 g/mol. The van der Waals surface area contributed by atoms with Crippen molar-refractivity contribution in [1.29, 1.82) is 0 Å². The third-order valence-corrected chi connectivity index (χ3v) is 4.04. The average Bonchev–Trinajstić information content (AvgIpc) is 2.42. The molecule has 1 N–H and O–H groups in total. The van der Waals surface area contributed by atoms with E-state index in [4.69, 9.17) is 0 Å². The van der Waals surface area contributed by atoms with Gasteiger partial charge in [-0.25, -0.2) is 0 Å². The Morgan fingerprint density at radius 1 is 1.11 bits per heavy atom. The van der Waals surface area contributed by atoms with Crippen LogP contribution in [0.25, 0.3) is 0 Å². The van der Waals surface area contributed by atoms with E-state index in [1.54, 1.807) is 0 Å². The van der Waals surface area contributed by atoms with Crippen molar-refractivity contribution in [2.24, 2.45) is 0 Å². The molecular weight excluding hydrogens is 220 g/mol. The van der Waals surface area contributed by atoms with Crippen LogP contribution in [0.2, 0.25) is 0 Å². The predicted molar refractivity (Wildman–Crippen MR) is 79.2 cm³/mol. The van der Waals surface area contributed by atoms with Crippen LogP contribution < -0.4 is 5.32 Å². The van der Waals surface area contributed by atoms with E-state index in [-0.39, 0.29) is 0 Å². The molecule has 2 nitrogen and oxygen atoms in total. The average molecular weight is 246 g/mol. The summed E-state index contributed by atoms with van der Waals surface area (Å²) >= 11 is 0. The van der Waals surface area contributed by atoms with E-state index in [2.05, 4.69) is 48.5 Å². The van der Waals surface area contributed by atoms with Crippen molar-refractivity contribution in [3.63, 3.8) is 0 Å². The van der Waals surface area contributed by atoms with Gasteiger partial charge in [0.25, 0.3) is 0 Å². The van der Waals surface area contributed by atoms with Crippen LogP contribution in [-0.2, 0) is 0 Å². The maximum atomic E-state index is 3.50. The minimum Gasteiger partial charge on any atom is -0.384 e. The van der Waals surface area contributed by atoms with Crippen molar-refractivity contribution >= 4 is 5.69 Å². The first-order valence-corrected chi connectivity index (χ1v) is 7.26. The van der Waals surface area contributed by atoms with Crippen LogP contribution >= 0.6 is 0 Å². The van der Waals surface area contributed by atoms with E-state index in [0.29, 0.717) is 0 Å². The number of likely N-dealkylation sites (N-methyl/N-ethyl adjacent to an activating group) is 1. The van der Waals surface area contributed by atoms with Crippen LogP contribution in [0, 0.1) is 6.92 Å². The Hall–Kier alpha value is -1.02. The maximum Gasteiger partial charge on any atom is 0.0340 e. The summed E-state index contributed by atoms with van der Waals surface area (Å²) in [6, 6.07) is 9.46. The van der Waals surface area contributed by atoms with Crippen molar-refractivity contribution in [3.05, 3.63) is 29.8 Å². The molecule has 0 aromatic heterocycles. The highest BCUT2D eigenvalue weighted by Crippen LogP contribution is 2.21. The molecule has 1 aliphatic carbocycles. The zero-order valence-corrected chi connectivity index (χ0v) is 11.8. The second-order valence-corrected chi connectivity index (χ2v) is 5.57. The van der Waals surface area contributed by atoms with Gasteiger partial charge in [-0.2, -0.15) is 0 Å². The van der Waals surface area contributed by atoms with Crippen LogP contribution in [-0.4, -0.2) is 31.1 Å². The summed E-state index contributed by atoms with van der Waals surface area (Å²) in [5.74, 6) is 0. The molecule has 2 rings (SSSR count). The molecule has 0 atom stereocenters. The highest BCUT2D eigenvalue weighted by molar-refractivity contribution is 5.44. The third-order valence-electron chi connectivity index (χ3n) is 4.04. The van der Waals surface area contributed by atoms with Crippen LogP contribution in [0.1, 0.15) is 37.7 Å². The largest absolute Gasteiger partial charge is 0.384 e. The second kappa shape index (κ2) is 6.79. The van der Waals surface area contributed by atoms with Gasteiger partial charge in [-0.1, -0.05) is 37.0 Å². The Morgan fingerprint density at radius 2 is 1.78 bits per heavy atom. The number of hydrogen-bond donors (Lipinski definition) is 1. The van der Waals surface area contributed by atoms with E-state index < -0.39 is 0 Å². The molecule has 0 aliphatic heterocycles. The topological polar surface area (TPSA) is 15.3 Å². The SMILES string of the molecule is Cc1ccc(NCCN(C)C2CCCCC2)cc1. The zero-order chi connectivity index (χ0) is 12.8. The lowest BCUT2D eigenvalue weighted by Crippen LogP contribution is -2.36. The maximum absolute atomic E-state index is 3.50. The lowest BCUT2D eigenvalue weighted by atomic mass is 9.94. The number of hydrogen-bond acceptors (Lipinski definition) is 2. The standard InChI is InChI=1S/C16H26N2/c1-14-8-10-15(11-9-14)17-12-13-18(2)16-6-4-3-5-7-16/h8-11,16-17H,3-7,12-13H2,1-2H3. The molecule has 18 heavy (non-hydrogen) atoms. The van der Waals surface area contributed by atoms with Crippen LogP contribution in [0.5, 0.6) is 0 Å². The first kappa shape index (κ1) is 13.4. The summed E-state index contributed by atoms with van der Waals surface area (Å²) in [7, 11) is 2.27. The molecule has 0 bridgehead atoms. The van der Waals surface area contributed by atoms with E-state index in [9.17, 15) is 0 Å². The molecule has 0 amide bonds. The molecule has 1 saturated carbocycles. The van der Waals surface area contributed by atoms with Crippen molar-refractivity contribution < 1.29 is 0 Å². The van der Waals surface area contributed by atoms with Gasteiger partial charge in [0, 0.05) is 24.8 Å². The molecule has 1 aliphatic rings. The zero-order valence-electron chi connectivity index (χ0n) is 11.8. The van der Waals surface area contributed by atoms with Gasteiger partial charge >= 0.3 is 0 Å². The minimum atomic E-state index is 0.818. The molecule has 0 saturated heterocycles. The lowest BCUT2D eigenvalue weighted by Gasteiger charge is -2.31. The summed E-state index contributed by atoms with van der Waals surface area (Å²) in [5.41, 5.74) is 2.55. The Morgan fingerprint density at radius 3 is 2.44 bits per heavy atom. The smallest absolute Gasteiger partial charge is 0.0340 e. The molecule has 0 radical (unpaired) electrons. The Balaban J connectivity index is 1.69. The molecule has 0 spiro atoms. The fourth-order valence-corrected chi connectivity index (χ4v) is 2.75. The van der Waals surface area contributed by atoms with Crippen LogP contribution in [0.4, 0.5) is 5.69 Å². The normalized spacial score (nSPS) is 17.1. The molecule has 0 unspecified atom stereocenters. The predicted octanol–water partition coefficient (Wildman–Crippen LogP) is 3.67. The third kappa shape index (κ3) is 4.02. The van der Waals surface area contributed by atoms with Crippen molar-refractivity contribution in [2.45, 2.75) is 45.1 Å². The fourth-order valence-electron chi connectivity index (χ4n) is 2.75. The van der Waals surface area contributed by atoms with Gasteiger partial charge in [-0.05, 0) is 38.9 Å². The number of nitrogens with zero attached hydrogens (tertiary/aromatic N) is 1. The van der Waals surface area contributed by atoms with E-state index in [1.807, 2.05) is 0 Å². The van der Waals surface area contributed by atoms with Crippen molar-refractivity contribution in [3.8, 4) is 0 Å². The van der Waals surface area contributed by atoms with Crippen molar-refractivity contribution in [1.82, 2.24) is 4.90 Å². The number of benzene rings is 1. The van der Waals surface area contributed by atoms with E-state index in [0.717, 1.165) is 19.1 Å². The molecule has 1 fully saturated rings. The first-order chi connectivity index (χ1) is 8.75. The summed E-state index contributed by atoms with van der Waals surface area (Å²) in [6.07, 6.45) is 7.05. The van der Waals surface area contributed by atoms with Gasteiger partial charge in [0.15, 0.2) is 0 Å². The first-order valence-electron chi connectivity index (χ1n) is 7.26. The Labute approximate surface area is 111 Å². The Kier molecular flexibility index (Phi) is 5.06. The molecule has 100 valence electrons. The summed E-state index contributed by atoms with van der Waals surface area (Å²) in [4.78, 5) is 2.53. The summed E-state index contributed by atoms with van der Waals surface area (Å²) in [5, 5.41) is 3.50. The van der Waals surface area contributed by atoms with Crippen LogP contribution in [0.3, 0.4) is 0 Å². The quantitative estimate of drug-likeness (QED) is 0.852. The molecular formula is C16H26N2. The minimum absolute atomic E-state index is 0.818. The molecule has 0 heterocycles. The van der Waals surface area contributed by atoms with Gasteiger partial charge in [0.2, 0.25) is 0 Å². The van der Waals surface area contributed by atoms with Gasteiger partial charge in [0.1, 0.15) is 0 Å². The molecule has 1 aromatic carbocycles. The number of anilines is 1. The summed E-state index contributed by atoms with van der Waals surface area (Å²) in [6.45, 7) is 4.30. The van der Waals surface area contributed by atoms with Gasteiger partial charge in [0.05, 0.1) is 0 Å². The number of aryl methyl sites for hydroxylation is 1. The van der Waals surface area contributed by atoms with Crippen molar-refractivity contribution in [2.75, 3.05) is 25.5 Å². The highest BCUT2D eigenvalue weighted by atomic mass is 15.1. The van der Waals surface area contributed by atoms with Crippen LogP contribution in [0.15, 0.2) is 24.3 Å². The molecule has 2 heteroatoms. The Bertz CT molecular complexity index is 339. The summed E-state index contributed by atoms with van der Waals surface area (Å²) < 4.78 is 0. The van der Waals surface area contributed by atoms with Gasteiger partial charge in [-0.15, -0.1) is 0 Å². The second-order valence-electron chi connectivity index (χ2n) is 5.57. The van der Waals surface area contributed by atoms with E-state index >= 15 is 0 Å². The molecule has 1 aromatic rings. The highest BCUT2D eigenvalue weighted by Gasteiger charge is 2.17. The number of nitrogens with one attached hydrogen (secondary N) is 1. The fraction of sp³-hybridized carbons (Fsp3) is 0.625. The lowest BCUT2D eigenvalue weighted by molar-refractivity contribution is 0.198. The van der Waals surface area contributed by atoms with Gasteiger partial charge < -0.3 is 10.2 Å². The van der Waals surface area contributed by atoms with Gasteiger partial charge in [-0.3, -0.25) is 0 Å². The van der Waals surface area contributed by atoms with E-state index in [1.165, 1.54) is 43.4 Å². The number of rotatable bonds is 5.